The van der Waals surface area contributed by atoms with Crippen LogP contribution in [0.1, 0.15) is 71.1 Å². The van der Waals surface area contributed by atoms with Crippen LogP contribution in [0.3, 0.4) is 0 Å². The van der Waals surface area contributed by atoms with E-state index in [1.165, 1.54) is 62.3 Å². The van der Waals surface area contributed by atoms with Crippen molar-refractivity contribution in [3.8, 4) is 0 Å². The highest BCUT2D eigenvalue weighted by Gasteiger charge is 2.14. The summed E-state index contributed by atoms with van der Waals surface area (Å²) in [4.78, 5) is 12.0. The Morgan fingerprint density at radius 3 is 2.63 bits per heavy atom. The van der Waals surface area contributed by atoms with Crippen molar-refractivity contribution in [3.63, 3.8) is 0 Å². The third-order valence-corrected chi connectivity index (χ3v) is 4.66. The van der Waals surface area contributed by atoms with Gasteiger partial charge in [0.2, 0.25) is 5.12 Å². The third kappa shape index (κ3) is 7.00. The Balaban J connectivity index is 2.10. The fourth-order valence-corrected chi connectivity index (χ4v) is 3.22. The van der Waals surface area contributed by atoms with E-state index < -0.39 is 0 Å². The van der Waals surface area contributed by atoms with Gasteiger partial charge in [-0.25, -0.2) is 0 Å². The number of allylic oxidation sites excluding steroid dienone is 2. The van der Waals surface area contributed by atoms with E-state index in [1.807, 2.05) is 0 Å². The molecule has 0 aromatic rings. The Morgan fingerprint density at radius 1 is 1.21 bits per heavy atom. The fourth-order valence-electron chi connectivity index (χ4n) is 2.38. The average Bonchev–Trinajstić information content (AvgIpc) is 2.46. The molecule has 0 amide bonds. The second-order valence-corrected chi connectivity index (χ2v) is 6.43. The van der Waals surface area contributed by atoms with Crippen molar-refractivity contribution in [2.75, 3.05) is 5.75 Å². The quantitative estimate of drug-likeness (QED) is 0.400. The van der Waals surface area contributed by atoms with Crippen LogP contribution in [-0.4, -0.2) is 10.9 Å². The van der Waals surface area contributed by atoms with Crippen LogP contribution in [0.2, 0.25) is 0 Å². The minimum absolute atomic E-state index is 0.196. The molecule has 1 aliphatic carbocycles. The molecule has 0 aromatic carbocycles. The van der Waals surface area contributed by atoms with E-state index in [9.17, 15) is 4.79 Å². The number of unbranched alkanes of at least 4 members (excludes halogenated alkanes) is 5. The summed E-state index contributed by atoms with van der Waals surface area (Å²) in [5.41, 5.74) is 1.96. The highest BCUT2D eigenvalue weighted by Crippen LogP contribution is 2.26. The van der Waals surface area contributed by atoms with E-state index in [0.29, 0.717) is 0 Å². The summed E-state index contributed by atoms with van der Waals surface area (Å²) in [5, 5.41) is 0.196. The maximum Gasteiger partial charge on any atom is 0.219 e. The molecule has 19 heavy (non-hydrogen) atoms. The standard InChI is InChI=1S/C17H28OS/c1-3-4-5-6-7-11-14-19-17(18)15(2)16-12-9-8-10-13-16/h12H,2-11,13-14H2,1H3. The Hall–Kier alpha value is -0.500. The van der Waals surface area contributed by atoms with Gasteiger partial charge in [0.15, 0.2) is 0 Å². The van der Waals surface area contributed by atoms with Crippen LogP contribution in [0, 0.1) is 0 Å². The van der Waals surface area contributed by atoms with E-state index in [4.69, 9.17) is 0 Å². The van der Waals surface area contributed by atoms with Crippen molar-refractivity contribution in [3.05, 3.63) is 23.8 Å². The zero-order chi connectivity index (χ0) is 13.9. The molecule has 0 atom stereocenters. The van der Waals surface area contributed by atoms with Gasteiger partial charge in [-0.05, 0) is 37.7 Å². The van der Waals surface area contributed by atoms with E-state index in [-0.39, 0.29) is 5.12 Å². The summed E-state index contributed by atoms with van der Waals surface area (Å²) in [7, 11) is 0. The molecule has 0 N–H and O–H groups in total. The van der Waals surface area contributed by atoms with Crippen LogP contribution in [0.4, 0.5) is 0 Å². The number of thioether (sulfide) groups is 1. The molecule has 108 valence electrons. The molecule has 0 unspecified atom stereocenters. The van der Waals surface area contributed by atoms with Gasteiger partial charge < -0.3 is 0 Å². The summed E-state index contributed by atoms with van der Waals surface area (Å²) in [6, 6.07) is 0. The zero-order valence-corrected chi connectivity index (χ0v) is 13.2. The smallest absolute Gasteiger partial charge is 0.219 e. The van der Waals surface area contributed by atoms with Crippen LogP contribution in [0.15, 0.2) is 23.8 Å². The summed E-state index contributed by atoms with van der Waals surface area (Å²) in [5.74, 6) is 0.956. The number of hydrogen-bond acceptors (Lipinski definition) is 2. The van der Waals surface area contributed by atoms with Gasteiger partial charge >= 0.3 is 0 Å². The maximum absolute atomic E-state index is 12.0. The predicted octanol–water partition coefficient (Wildman–Crippen LogP) is 5.66. The third-order valence-electron chi connectivity index (χ3n) is 3.66. The van der Waals surface area contributed by atoms with Gasteiger partial charge in [-0.15, -0.1) is 0 Å². The average molecular weight is 280 g/mol. The molecule has 0 saturated heterocycles. The van der Waals surface area contributed by atoms with Crippen LogP contribution in [-0.2, 0) is 4.79 Å². The Labute approximate surface area is 122 Å². The lowest BCUT2D eigenvalue weighted by Crippen LogP contribution is -2.03. The van der Waals surface area contributed by atoms with Crippen molar-refractivity contribution < 1.29 is 4.79 Å². The number of carbonyl (C=O) groups excluding carboxylic acids is 1. The molecule has 0 saturated carbocycles. The second-order valence-electron chi connectivity index (χ2n) is 5.36. The summed E-state index contributed by atoms with van der Waals surface area (Å²) in [6.07, 6.45) is 14.5. The molecular formula is C17H28OS. The Morgan fingerprint density at radius 2 is 1.95 bits per heavy atom. The summed E-state index contributed by atoms with van der Waals surface area (Å²) >= 11 is 1.46. The summed E-state index contributed by atoms with van der Waals surface area (Å²) < 4.78 is 0. The maximum atomic E-state index is 12.0. The van der Waals surface area contributed by atoms with E-state index >= 15 is 0 Å². The lowest BCUT2D eigenvalue weighted by molar-refractivity contribution is -0.107. The van der Waals surface area contributed by atoms with Gasteiger partial charge in [-0.2, -0.15) is 0 Å². The Kier molecular flexibility index (Phi) is 8.98. The second kappa shape index (κ2) is 10.3. The van der Waals surface area contributed by atoms with Gasteiger partial charge in [0.1, 0.15) is 0 Å². The van der Waals surface area contributed by atoms with Gasteiger partial charge in [0, 0.05) is 11.3 Å². The van der Waals surface area contributed by atoms with Gasteiger partial charge in [0.05, 0.1) is 0 Å². The van der Waals surface area contributed by atoms with Gasteiger partial charge in [0.25, 0.3) is 0 Å². The van der Waals surface area contributed by atoms with Crippen molar-refractivity contribution >= 4 is 16.9 Å². The first-order valence-electron chi connectivity index (χ1n) is 7.81. The molecular weight excluding hydrogens is 252 g/mol. The topological polar surface area (TPSA) is 17.1 Å². The van der Waals surface area contributed by atoms with Crippen molar-refractivity contribution in [2.45, 2.75) is 71.1 Å². The van der Waals surface area contributed by atoms with E-state index in [1.54, 1.807) is 0 Å². The Bertz CT molecular complexity index is 317. The van der Waals surface area contributed by atoms with Gasteiger partial charge in [-0.1, -0.05) is 63.4 Å². The lowest BCUT2D eigenvalue weighted by atomic mass is 9.95. The molecule has 1 aliphatic rings. The minimum atomic E-state index is 0.196. The number of rotatable bonds is 9. The van der Waals surface area contributed by atoms with Crippen LogP contribution < -0.4 is 0 Å². The highest BCUT2D eigenvalue weighted by molar-refractivity contribution is 8.14. The molecule has 0 fully saturated rings. The zero-order valence-electron chi connectivity index (χ0n) is 12.4. The molecule has 0 radical (unpaired) electrons. The van der Waals surface area contributed by atoms with Crippen molar-refractivity contribution in [1.29, 1.82) is 0 Å². The number of hydrogen-bond donors (Lipinski definition) is 0. The van der Waals surface area contributed by atoms with E-state index in [0.717, 1.165) is 30.6 Å². The monoisotopic (exact) mass is 280 g/mol. The molecule has 0 aromatic heterocycles. The number of carbonyl (C=O) groups is 1. The van der Waals surface area contributed by atoms with Gasteiger partial charge in [-0.3, -0.25) is 4.79 Å². The molecule has 0 aliphatic heterocycles. The van der Waals surface area contributed by atoms with Crippen molar-refractivity contribution in [2.24, 2.45) is 0 Å². The first-order chi connectivity index (χ1) is 9.25. The molecule has 1 nitrogen and oxygen atoms in total. The minimum Gasteiger partial charge on any atom is -0.282 e. The summed E-state index contributed by atoms with van der Waals surface area (Å²) in [6.45, 7) is 6.22. The molecule has 2 heteroatoms. The molecule has 0 spiro atoms. The van der Waals surface area contributed by atoms with Crippen molar-refractivity contribution in [1.82, 2.24) is 0 Å². The highest BCUT2D eigenvalue weighted by atomic mass is 32.2. The van der Waals surface area contributed by atoms with Crippen LogP contribution >= 0.6 is 11.8 Å². The lowest BCUT2D eigenvalue weighted by Gasteiger charge is -2.13. The molecule has 0 heterocycles. The largest absolute Gasteiger partial charge is 0.282 e. The molecule has 1 rings (SSSR count). The normalized spacial score (nSPS) is 15.1. The first-order valence-corrected chi connectivity index (χ1v) is 8.79. The van der Waals surface area contributed by atoms with E-state index in [2.05, 4.69) is 19.6 Å². The fraction of sp³-hybridized carbons (Fsp3) is 0.706. The van der Waals surface area contributed by atoms with Crippen LogP contribution in [0.25, 0.3) is 0 Å². The molecule has 0 bridgehead atoms. The van der Waals surface area contributed by atoms with Crippen LogP contribution in [0.5, 0.6) is 0 Å². The first kappa shape index (κ1) is 16.6. The SMILES string of the molecule is C=C(C(=O)SCCCCCCCC)C1=CCCCC1. The predicted molar refractivity (Wildman–Crippen MR) is 86.5 cm³/mol.